The second kappa shape index (κ2) is 8.12. The van der Waals surface area contributed by atoms with E-state index in [1.165, 1.54) is 24.3 Å². The lowest BCUT2D eigenvalue weighted by Gasteiger charge is -2.09. The van der Waals surface area contributed by atoms with Crippen molar-refractivity contribution in [3.63, 3.8) is 0 Å². The van der Waals surface area contributed by atoms with Gasteiger partial charge in [-0.3, -0.25) is 9.52 Å². The lowest BCUT2D eigenvalue weighted by molar-refractivity contribution is 0.102. The van der Waals surface area contributed by atoms with E-state index in [0.717, 1.165) is 4.47 Å². The molecule has 0 aliphatic heterocycles. The molecule has 0 spiro atoms. The number of halogens is 2. The van der Waals surface area contributed by atoms with Crippen molar-refractivity contribution in [3.05, 3.63) is 87.9 Å². The minimum atomic E-state index is -3.67. The summed E-state index contributed by atoms with van der Waals surface area (Å²) in [6.45, 7) is 0. The highest BCUT2D eigenvalue weighted by Gasteiger charge is 2.14. The fourth-order valence-corrected chi connectivity index (χ4v) is 3.79. The maximum Gasteiger partial charge on any atom is 0.261 e. The molecule has 0 fully saturated rings. The van der Waals surface area contributed by atoms with Crippen LogP contribution in [0.5, 0.6) is 0 Å². The third-order valence-electron chi connectivity index (χ3n) is 3.63. The lowest BCUT2D eigenvalue weighted by Crippen LogP contribution is -2.14. The number of hydrogen-bond acceptors (Lipinski definition) is 3. The number of amides is 1. The summed E-state index contributed by atoms with van der Waals surface area (Å²) >= 11 is 9.30. The van der Waals surface area contributed by atoms with Crippen LogP contribution in [0.1, 0.15) is 10.4 Å². The Morgan fingerprint density at radius 3 is 2.15 bits per heavy atom. The molecule has 27 heavy (non-hydrogen) atoms. The van der Waals surface area contributed by atoms with E-state index in [-0.39, 0.29) is 10.8 Å². The first-order valence-corrected chi connectivity index (χ1v) is 10.4. The fraction of sp³-hybridized carbons (Fsp3) is 0. The van der Waals surface area contributed by atoms with Crippen molar-refractivity contribution in [3.8, 4) is 0 Å². The van der Waals surface area contributed by atoms with Crippen LogP contribution in [0.3, 0.4) is 0 Å². The largest absolute Gasteiger partial charge is 0.322 e. The van der Waals surface area contributed by atoms with Gasteiger partial charge in [0.05, 0.1) is 9.92 Å². The number of sulfonamides is 1. The molecular formula is C19H14BrClN2O3S. The third-order valence-corrected chi connectivity index (χ3v) is 6.26. The molecule has 3 aromatic rings. The minimum Gasteiger partial charge on any atom is -0.322 e. The molecule has 3 aromatic carbocycles. The van der Waals surface area contributed by atoms with E-state index in [9.17, 15) is 13.2 Å². The molecule has 3 rings (SSSR count). The van der Waals surface area contributed by atoms with Crippen molar-refractivity contribution >= 4 is 54.8 Å². The summed E-state index contributed by atoms with van der Waals surface area (Å²) in [4.78, 5) is 12.5. The highest BCUT2D eigenvalue weighted by molar-refractivity contribution is 9.10. The average Bonchev–Trinajstić information content (AvgIpc) is 2.66. The number of carbonyl (C=O) groups is 1. The first-order chi connectivity index (χ1) is 12.8. The van der Waals surface area contributed by atoms with Gasteiger partial charge in [0.2, 0.25) is 0 Å². The molecule has 2 N–H and O–H groups in total. The van der Waals surface area contributed by atoms with Gasteiger partial charge in [-0.15, -0.1) is 0 Å². The standard InChI is InChI=1S/C19H14BrClN2O3S/c20-17-11-10-15(12-18(17)21)22-19(24)13-6-8-14(9-7-13)23-27(25,26)16-4-2-1-3-5-16/h1-12,23H,(H,22,24). The van der Waals surface area contributed by atoms with Gasteiger partial charge in [0.1, 0.15) is 0 Å². The predicted octanol–water partition coefficient (Wildman–Crippen LogP) is 5.16. The Balaban J connectivity index is 1.71. The van der Waals surface area contributed by atoms with Crippen molar-refractivity contribution in [2.75, 3.05) is 10.0 Å². The van der Waals surface area contributed by atoms with Crippen LogP contribution >= 0.6 is 27.5 Å². The summed E-state index contributed by atoms with van der Waals surface area (Å²) in [5, 5.41) is 3.22. The number of anilines is 2. The number of rotatable bonds is 5. The molecule has 138 valence electrons. The number of carbonyl (C=O) groups excluding carboxylic acids is 1. The van der Waals surface area contributed by atoms with Gasteiger partial charge in [0.15, 0.2) is 0 Å². The molecule has 5 nitrogen and oxygen atoms in total. The van der Waals surface area contributed by atoms with Crippen molar-refractivity contribution < 1.29 is 13.2 Å². The number of hydrogen-bond donors (Lipinski definition) is 2. The highest BCUT2D eigenvalue weighted by atomic mass is 79.9. The van der Waals surface area contributed by atoms with E-state index in [0.29, 0.717) is 22.0 Å². The van der Waals surface area contributed by atoms with Crippen LogP contribution in [0.15, 0.2) is 82.2 Å². The second-order valence-corrected chi connectivity index (χ2v) is 8.52. The molecular weight excluding hydrogens is 452 g/mol. The van der Waals surface area contributed by atoms with Gasteiger partial charge in [-0.2, -0.15) is 0 Å². The van der Waals surface area contributed by atoms with Crippen molar-refractivity contribution in [2.45, 2.75) is 4.90 Å². The smallest absolute Gasteiger partial charge is 0.261 e. The molecule has 0 saturated carbocycles. The second-order valence-electron chi connectivity index (χ2n) is 5.58. The Bertz CT molecular complexity index is 1070. The molecule has 1 amide bonds. The summed E-state index contributed by atoms with van der Waals surface area (Å²) in [5.41, 5.74) is 1.31. The molecule has 0 saturated heterocycles. The first kappa shape index (κ1) is 19.4. The zero-order valence-corrected chi connectivity index (χ0v) is 17.0. The maximum atomic E-state index is 12.3. The fourth-order valence-electron chi connectivity index (χ4n) is 2.28. The van der Waals surface area contributed by atoms with Crippen LogP contribution in [-0.4, -0.2) is 14.3 Å². The van der Waals surface area contributed by atoms with Gasteiger partial charge in [-0.05, 0) is 70.5 Å². The Hall–Kier alpha value is -2.35. The third kappa shape index (κ3) is 4.88. The average molecular weight is 466 g/mol. The first-order valence-electron chi connectivity index (χ1n) is 7.79. The van der Waals surface area contributed by atoms with E-state index < -0.39 is 10.0 Å². The van der Waals surface area contributed by atoms with Crippen molar-refractivity contribution in [1.82, 2.24) is 0 Å². The van der Waals surface area contributed by atoms with Gasteiger partial charge in [0.25, 0.3) is 15.9 Å². The highest BCUT2D eigenvalue weighted by Crippen LogP contribution is 2.26. The molecule has 0 heterocycles. The zero-order chi connectivity index (χ0) is 19.4. The van der Waals surface area contributed by atoms with E-state index >= 15 is 0 Å². The Morgan fingerprint density at radius 1 is 0.889 bits per heavy atom. The molecule has 0 radical (unpaired) electrons. The van der Waals surface area contributed by atoms with Crippen LogP contribution in [0.2, 0.25) is 5.02 Å². The Labute approximate surface area is 170 Å². The maximum absolute atomic E-state index is 12.3. The van der Waals surface area contributed by atoms with Crippen LogP contribution < -0.4 is 10.0 Å². The summed E-state index contributed by atoms with van der Waals surface area (Å²) in [6, 6.07) is 19.3. The van der Waals surface area contributed by atoms with Gasteiger partial charge in [-0.1, -0.05) is 29.8 Å². The molecule has 8 heteroatoms. The van der Waals surface area contributed by atoms with E-state index in [1.54, 1.807) is 48.5 Å². The molecule has 0 bridgehead atoms. The normalized spacial score (nSPS) is 11.0. The van der Waals surface area contributed by atoms with Gasteiger partial charge >= 0.3 is 0 Å². The van der Waals surface area contributed by atoms with E-state index in [2.05, 4.69) is 26.0 Å². The summed E-state index contributed by atoms with van der Waals surface area (Å²) < 4.78 is 27.8. The van der Waals surface area contributed by atoms with E-state index in [1.807, 2.05) is 0 Å². The van der Waals surface area contributed by atoms with Gasteiger partial charge < -0.3 is 5.32 Å². The predicted molar refractivity (Wildman–Crippen MR) is 111 cm³/mol. The molecule has 0 unspecified atom stereocenters. The van der Waals surface area contributed by atoms with Gasteiger partial charge in [0, 0.05) is 21.4 Å². The number of nitrogens with one attached hydrogen (secondary N) is 2. The Morgan fingerprint density at radius 2 is 1.52 bits per heavy atom. The molecule has 0 aromatic heterocycles. The Kier molecular flexibility index (Phi) is 5.84. The molecule has 0 atom stereocenters. The zero-order valence-electron chi connectivity index (χ0n) is 13.8. The summed E-state index contributed by atoms with van der Waals surface area (Å²) in [7, 11) is -3.67. The monoisotopic (exact) mass is 464 g/mol. The molecule has 0 aliphatic carbocycles. The van der Waals surface area contributed by atoms with E-state index in [4.69, 9.17) is 11.6 Å². The minimum absolute atomic E-state index is 0.166. The van der Waals surface area contributed by atoms with Crippen molar-refractivity contribution in [1.29, 1.82) is 0 Å². The van der Waals surface area contributed by atoms with Crippen molar-refractivity contribution in [2.24, 2.45) is 0 Å². The van der Waals surface area contributed by atoms with Gasteiger partial charge in [-0.25, -0.2) is 8.42 Å². The van der Waals surface area contributed by atoms with Crippen LogP contribution in [0, 0.1) is 0 Å². The summed E-state index contributed by atoms with van der Waals surface area (Å²) in [5.74, 6) is -0.328. The van der Waals surface area contributed by atoms with Crippen LogP contribution in [0.4, 0.5) is 11.4 Å². The number of benzene rings is 3. The topological polar surface area (TPSA) is 75.3 Å². The SMILES string of the molecule is O=C(Nc1ccc(Br)c(Cl)c1)c1ccc(NS(=O)(=O)c2ccccc2)cc1. The molecule has 0 aliphatic rings. The van der Waals surface area contributed by atoms with Crippen LogP contribution in [-0.2, 0) is 10.0 Å². The summed E-state index contributed by atoms with van der Waals surface area (Å²) in [6.07, 6.45) is 0. The lowest BCUT2D eigenvalue weighted by atomic mass is 10.2. The quantitative estimate of drug-likeness (QED) is 0.547. The van der Waals surface area contributed by atoms with Crippen LogP contribution in [0.25, 0.3) is 0 Å².